The predicted molar refractivity (Wildman–Crippen MR) is 167 cm³/mol. The van der Waals surface area contributed by atoms with Crippen molar-refractivity contribution in [1.29, 1.82) is 0 Å². The van der Waals surface area contributed by atoms with E-state index in [2.05, 4.69) is 45.0 Å². The smallest absolute Gasteiger partial charge is 0.127 e. The zero-order valence-electron chi connectivity index (χ0n) is 25.0. The molecule has 0 spiro atoms. The summed E-state index contributed by atoms with van der Waals surface area (Å²) in [6.07, 6.45) is 20.9. The molecule has 2 saturated carbocycles. The predicted octanol–water partition coefficient (Wildman–Crippen LogP) is 10.0. The van der Waals surface area contributed by atoms with Crippen LogP contribution in [0.3, 0.4) is 0 Å². The van der Waals surface area contributed by atoms with Gasteiger partial charge >= 0.3 is 0 Å². The van der Waals surface area contributed by atoms with Crippen LogP contribution in [0.5, 0.6) is 11.5 Å². The second-order valence-electron chi connectivity index (χ2n) is 11.7. The SMILES string of the molecule is CCCc1cc(CCC)c(-c2c(OC)ccc(OC)c2P(C2CCCCC2)C2CCCCC2)c(CCC)c1. The van der Waals surface area contributed by atoms with Gasteiger partial charge in [-0.05, 0) is 90.7 Å². The zero-order valence-corrected chi connectivity index (χ0v) is 25.9. The molecule has 2 aromatic rings. The first-order valence-corrected chi connectivity index (χ1v) is 17.3. The molecule has 3 heteroatoms. The fourth-order valence-electron chi connectivity index (χ4n) is 7.29. The summed E-state index contributed by atoms with van der Waals surface area (Å²) in [7, 11) is 3.43. The third-order valence-corrected chi connectivity index (χ3v) is 12.5. The summed E-state index contributed by atoms with van der Waals surface area (Å²) in [5, 5.41) is 1.54. The lowest BCUT2D eigenvalue weighted by Gasteiger charge is -2.40. The van der Waals surface area contributed by atoms with Crippen LogP contribution in [0.2, 0.25) is 0 Å². The molecule has 0 bridgehead atoms. The average molecular weight is 537 g/mol. The highest BCUT2D eigenvalue weighted by Gasteiger charge is 2.37. The van der Waals surface area contributed by atoms with E-state index in [1.54, 1.807) is 5.30 Å². The van der Waals surface area contributed by atoms with Crippen LogP contribution in [0.25, 0.3) is 11.1 Å². The summed E-state index contributed by atoms with van der Waals surface area (Å²) in [4.78, 5) is 0. The maximum atomic E-state index is 6.29. The summed E-state index contributed by atoms with van der Waals surface area (Å²) in [6.45, 7) is 6.96. The minimum atomic E-state index is -0.348. The Labute approximate surface area is 235 Å². The molecule has 0 atom stereocenters. The van der Waals surface area contributed by atoms with E-state index in [-0.39, 0.29) is 7.92 Å². The van der Waals surface area contributed by atoms with Crippen molar-refractivity contribution < 1.29 is 9.47 Å². The molecule has 2 nitrogen and oxygen atoms in total. The van der Waals surface area contributed by atoms with Crippen molar-refractivity contribution >= 4 is 13.2 Å². The van der Waals surface area contributed by atoms with Crippen LogP contribution in [-0.4, -0.2) is 25.5 Å². The molecule has 2 aliphatic carbocycles. The first-order chi connectivity index (χ1) is 18.7. The second kappa shape index (κ2) is 14.7. The Bertz CT molecular complexity index is 972. The first-order valence-electron chi connectivity index (χ1n) is 15.8. The quantitative estimate of drug-likeness (QED) is 0.251. The van der Waals surface area contributed by atoms with Gasteiger partial charge in [0.25, 0.3) is 0 Å². The fraction of sp³-hybridized carbons (Fsp3) is 0.657. The van der Waals surface area contributed by atoms with Crippen LogP contribution in [0.4, 0.5) is 0 Å². The van der Waals surface area contributed by atoms with Crippen LogP contribution in [0.1, 0.15) is 121 Å². The lowest BCUT2D eigenvalue weighted by atomic mass is 9.87. The third kappa shape index (κ3) is 6.60. The minimum Gasteiger partial charge on any atom is -0.496 e. The molecular weight excluding hydrogens is 483 g/mol. The Balaban J connectivity index is 2.03. The van der Waals surface area contributed by atoms with E-state index in [0.717, 1.165) is 54.9 Å². The third-order valence-electron chi connectivity index (χ3n) is 8.93. The van der Waals surface area contributed by atoms with Gasteiger partial charge in [-0.3, -0.25) is 0 Å². The highest BCUT2D eigenvalue weighted by molar-refractivity contribution is 7.67. The number of ether oxygens (including phenoxy) is 2. The van der Waals surface area contributed by atoms with Crippen molar-refractivity contribution in [2.45, 2.75) is 135 Å². The lowest BCUT2D eigenvalue weighted by Crippen LogP contribution is -2.28. The molecule has 0 amide bonds. The number of aryl methyl sites for hydroxylation is 3. The molecule has 4 rings (SSSR count). The van der Waals surface area contributed by atoms with Gasteiger partial charge in [-0.2, -0.15) is 0 Å². The van der Waals surface area contributed by atoms with Gasteiger partial charge in [-0.25, -0.2) is 0 Å². The minimum absolute atomic E-state index is 0.348. The molecule has 0 N–H and O–H groups in total. The molecule has 0 radical (unpaired) electrons. The first kappa shape index (κ1) is 29.5. The van der Waals surface area contributed by atoms with Crippen molar-refractivity contribution in [3.8, 4) is 22.6 Å². The van der Waals surface area contributed by atoms with Crippen LogP contribution >= 0.6 is 7.92 Å². The number of rotatable bonds is 12. The van der Waals surface area contributed by atoms with Gasteiger partial charge in [-0.1, -0.05) is 98.6 Å². The highest BCUT2D eigenvalue weighted by Crippen LogP contribution is 2.59. The highest BCUT2D eigenvalue weighted by atomic mass is 31.1. The van der Waals surface area contributed by atoms with Crippen LogP contribution in [0, 0.1) is 0 Å². The molecule has 38 heavy (non-hydrogen) atoms. The van der Waals surface area contributed by atoms with Crippen molar-refractivity contribution in [2.75, 3.05) is 14.2 Å². The van der Waals surface area contributed by atoms with Gasteiger partial charge in [0.1, 0.15) is 11.5 Å². The molecule has 0 saturated heterocycles. The van der Waals surface area contributed by atoms with E-state index in [0.29, 0.717) is 0 Å². The van der Waals surface area contributed by atoms with Gasteiger partial charge in [0.2, 0.25) is 0 Å². The summed E-state index contributed by atoms with van der Waals surface area (Å²) >= 11 is 0. The standard InChI is InChI=1S/C35H53O2P/c1-6-15-26-24-27(16-7-2)33(28(25-26)17-8-3)34-31(36-4)22-23-32(37-5)35(34)38(29-18-11-9-12-19-29)30-20-13-10-14-21-30/h22-25,29-30H,6-21H2,1-5H3. The van der Waals surface area contributed by atoms with E-state index in [1.165, 1.54) is 98.4 Å². The number of hydrogen-bond donors (Lipinski definition) is 0. The zero-order chi connectivity index (χ0) is 26.9. The van der Waals surface area contributed by atoms with Gasteiger partial charge in [0, 0.05) is 10.9 Å². The van der Waals surface area contributed by atoms with E-state index in [9.17, 15) is 0 Å². The van der Waals surface area contributed by atoms with Crippen molar-refractivity contribution in [1.82, 2.24) is 0 Å². The van der Waals surface area contributed by atoms with E-state index in [4.69, 9.17) is 9.47 Å². The number of methoxy groups -OCH3 is 2. The van der Waals surface area contributed by atoms with E-state index in [1.807, 2.05) is 14.2 Å². The van der Waals surface area contributed by atoms with Crippen molar-refractivity contribution in [3.63, 3.8) is 0 Å². The monoisotopic (exact) mass is 536 g/mol. The maximum Gasteiger partial charge on any atom is 0.127 e. The summed E-state index contributed by atoms with van der Waals surface area (Å²) < 4.78 is 12.6. The molecule has 2 aromatic carbocycles. The van der Waals surface area contributed by atoms with E-state index < -0.39 is 0 Å². The van der Waals surface area contributed by atoms with Gasteiger partial charge < -0.3 is 9.47 Å². The summed E-state index contributed by atoms with van der Waals surface area (Å²) in [5.41, 5.74) is 9.06. The Hall–Kier alpha value is -1.53. The topological polar surface area (TPSA) is 18.5 Å². The lowest BCUT2D eigenvalue weighted by molar-refractivity contribution is 0.407. The molecule has 2 fully saturated rings. The summed E-state index contributed by atoms with van der Waals surface area (Å²) in [6, 6.07) is 9.49. The Morgan fingerprint density at radius 2 is 1.11 bits per heavy atom. The van der Waals surface area contributed by atoms with Crippen molar-refractivity contribution in [2.24, 2.45) is 0 Å². The second-order valence-corrected chi connectivity index (χ2v) is 14.4. The van der Waals surface area contributed by atoms with Crippen molar-refractivity contribution in [3.05, 3.63) is 41.0 Å². The Morgan fingerprint density at radius 1 is 0.632 bits per heavy atom. The average Bonchev–Trinajstić information content (AvgIpc) is 2.95. The largest absolute Gasteiger partial charge is 0.496 e. The number of benzene rings is 2. The molecule has 0 aromatic heterocycles. The van der Waals surface area contributed by atoms with Crippen LogP contribution in [0.15, 0.2) is 24.3 Å². The molecule has 0 heterocycles. The van der Waals surface area contributed by atoms with Gasteiger partial charge in [0.05, 0.1) is 14.2 Å². The van der Waals surface area contributed by atoms with Crippen LogP contribution < -0.4 is 14.8 Å². The molecule has 210 valence electrons. The molecule has 2 aliphatic rings. The normalized spacial score (nSPS) is 17.2. The molecule has 0 aliphatic heterocycles. The Morgan fingerprint density at radius 3 is 1.55 bits per heavy atom. The van der Waals surface area contributed by atoms with E-state index >= 15 is 0 Å². The Kier molecular flexibility index (Phi) is 11.4. The molecule has 0 unspecified atom stereocenters. The number of hydrogen-bond acceptors (Lipinski definition) is 2. The van der Waals surface area contributed by atoms with Crippen LogP contribution in [-0.2, 0) is 19.3 Å². The van der Waals surface area contributed by atoms with Gasteiger partial charge in [0.15, 0.2) is 0 Å². The molecular formula is C35H53O2P. The fourth-order valence-corrected chi connectivity index (χ4v) is 11.4. The summed E-state index contributed by atoms with van der Waals surface area (Å²) in [5.74, 6) is 2.17. The van der Waals surface area contributed by atoms with Gasteiger partial charge in [-0.15, -0.1) is 0 Å². The maximum absolute atomic E-state index is 6.29.